The molecular weight excluding hydrogens is 350 g/mol. The first-order chi connectivity index (χ1) is 11.2. The Bertz CT molecular complexity index is 797. The molecule has 3 aromatic rings. The summed E-state index contributed by atoms with van der Waals surface area (Å²) in [5, 5.41) is 2.99. The molecule has 0 bridgehead atoms. The van der Waals surface area contributed by atoms with Gasteiger partial charge in [-0.3, -0.25) is 4.79 Å². The van der Waals surface area contributed by atoms with E-state index in [9.17, 15) is 4.79 Å². The lowest BCUT2D eigenvalue weighted by Crippen LogP contribution is -2.23. The number of rotatable bonds is 4. The van der Waals surface area contributed by atoms with E-state index in [1.807, 2.05) is 78.9 Å². The molecular formula is C20H16BrNO. The number of nitrogens with one attached hydrogen (secondary N) is 1. The molecule has 0 heterocycles. The van der Waals surface area contributed by atoms with Gasteiger partial charge in [0, 0.05) is 16.6 Å². The van der Waals surface area contributed by atoms with Crippen molar-refractivity contribution in [2.45, 2.75) is 6.54 Å². The average molecular weight is 366 g/mol. The second kappa shape index (κ2) is 7.25. The Morgan fingerprint density at radius 2 is 1.48 bits per heavy atom. The van der Waals surface area contributed by atoms with Crippen molar-refractivity contribution in [3.05, 3.63) is 94.5 Å². The van der Waals surface area contributed by atoms with E-state index in [1.54, 1.807) is 0 Å². The first-order valence-corrected chi connectivity index (χ1v) is 8.20. The molecule has 23 heavy (non-hydrogen) atoms. The number of amides is 1. The summed E-state index contributed by atoms with van der Waals surface area (Å²) in [5.41, 5.74) is 3.73. The zero-order valence-corrected chi connectivity index (χ0v) is 14.1. The third-order valence-corrected chi connectivity index (χ3v) is 4.15. The van der Waals surface area contributed by atoms with Gasteiger partial charge in [-0.1, -0.05) is 76.6 Å². The van der Waals surface area contributed by atoms with Crippen molar-refractivity contribution in [2.75, 3.05) is 0 Å². The predicted molar refractivity (Wildman–Crippen MR) is 97.2 cm³/mol. The van der Waals surface area contributed by atoms with Gasteiger partial charge in [0.25, 0.3) is 5.91 Å². The third kappa shape index (κ3) is 3.88. The van der Waals surface area contributed by atoms with Gasteiger partial charge in [0.2, 0.25) is 0 Å². The highest BCUT2D eigenvalue weighted by Gasteiger charge is 2.12. The summed E-state index contributed by atoms with van der Waals surface area (Å²) >= 11 is 3.44. The van der Waals surface area contributed by atoms with Crippen LogP contribution in [0.3, 0.4) is 0 Å². The molecule has 1 N–H and O–H groups in total. The molecule has 3 heteroatoms. The van der Waals surface area contributed by atoms with Crippen LogP contribution in [-0.4, -0.2) is 5.91 Å². The molecule has 0 aromatic heterocycles. The van der Waals surface area contributed by atoms with Crippen LogP contribution in [0.5, 0.6) is 0 Å². The Morgan fingerprint density at radius 3 is 2.22 bits per heavy atom. The Hall–Kier alpha value is -2.39. The van der Waals surface area contributed by atoms with Crippen LogP contribution in [0, 0.1) is 0 Å². The molecule has 0 aliphatic rings. The van der Waals surface area contributed by atoms with Crippen molar-refractivity contribution < 1.29 is 4.79 Å². The monoisotopic (exact) mass is 365 g/mol. The Kier molecular flexibility index (Phi) is 4.89. The largest absolute Gasteiger partial charge is 0.348 e. The van der Waals surface area contributed by atoms with Crippen LogP contribution in [0.4, 0.5) is 0 Å². The second-order valence-corrected chi connectivity index (χ2v) is 6.14. The zero-order valence-electron chi connectivity index (χ0n) is 12.5. The van der Waals surface area contributed by atoms with Gasteiger partial charge >= 0.3 is 0 Å². The molecule has 0 atom stereocenters. The summed E-state index contributed by atoms with van der Waals surface area (Å²) in [5.74, 6) is -0.0626. The minimum absolute atomic E-state index is 0.0626. The highest BCUT2D eigenvalue weighted by Crippen LogP contribution is 2.25. The minimum atomic E-state index is -0.0626. The van der Waals surface area contributed by atoms with Gasteiger partial charge in [0.05, 0.1) is 0 Å². The highest BCUT2D eigenvalue weighted by molar-refractivity contribution is 9.10. The van der Waals surface area contributed by atoms with Crippen LogP contribution in [0.1, 0.15) is 15.9 Å². The number of benzene rings is 3. The van der Waals surface area contributed by atoms with Gasteiger partial charge in [-0.25, -0.2) is 0 Å². The van der Waals surface area contributed by atoms with E-state index < -0.39 is 0 Å². The molecule has 0 spiro atoms. The zero-order chi connectivity index (χ0) is 16.1. The molecule has 0 saturated carbocycles. The van der Waals surface area contributed by atoms with E-state index in [-0.39, 0.29) is 5.91 Å². The fourth-order valence-electron chi connectivity index (χ4n) is 2.44. The molecule has 0 unspecified atom stereocenters. The molecule has 114 valence electrons. The van der Waals surface area contributed by atoms with Crippen LogP contribution in [0.15, 0.2) is 83.3 Å². The van der Waals surface area contributed by atoms with Crippen molar-refractivity contribution >= 4 is 21.8 Å². The summed E-state index contributed by atoms with van der Waals surface area (Å²) in [7, 11) is 0. The highest BCUT2D eigenvalue weighted by atomic mass is 79.9. The topological polar surface area (TPSA) is 29.1 Å². The van der Waals surface area contributed by atoms with Crippen molar-refractivity contribution in [2.24, 2.45) is 0 Å². The molecule has 0 aliphatic carbocycles. The molecule has 0 fully saturated rings. The van der Waals surface area contributed by atoms with Gasteiger partial charge in [0.15, 0.2) is 0 Å². The van der Waals surface area contributed by atoms with Crippen molar-refractivity contribution in [3.63, 3.8) is 0 Å². The van der Waals surface area contributed by atoms with E-state index in [2.05, 4.69) is 21.2 Å². The van der Waals surface area contributed by atoms with Crippen LogP contribution < -0.4 is 5.32 Å². The lowest BCUT2D eigenvalue weighted by molar-refractivity contribution is 0.0951. The smallest absolute Gasteiger partial charge is 0.252 e. The number of carbonyl (C=O) groups is 1. The number of halogens is 1. The molecule has 3 rings (SSSR count). The average Bonchev–Trinajstić information content (AvgIpc) is 2.61. The second-order valence-electron chi connectivity index (χ2n) is 5.22. The van der Waals surface area contributed by atoms with Crippen LogP contribution in [-0.2, 0) is 6.54 Å². The fraction of sp³-hybridized carbons (Fsp3) is 0.0500. The van der Waals surface area contributed by atoms with Gasteiger partial charge in [-0.2, -0.15) is 0 Å². The van der Waals surface area contributed by atoms with Crippen LogP contribution in [0.2, 0.25) is 0 Å². The molecule has 0 aliphatic heterocycles. The quantitative estimate of drug-likeness (QED) is 0.688. The fourth-order valence-corrected chi connectivity index (χ4v) is 2.70. The summed E-state index contributed by atoms with van der Waals surface area (Å²) in [4.78, 5) is 12.6. The van der Waals surface area contributed by atoms with Gasteiger partial charge in [-0.15, -0.1) is 0 Å². The first kappa shape index (κ1) is 15.5. The molecule has 3 aromatic carbocycles. The lowest BCUT2D eigenvalue weighted by Gasteiger charge is -2.11. The summed E-state index contributed by atoms with van der Waals surface area (Å²) in [6, 6.07) is 25.6. The summed E-state index contributed by atoms with van der Waals surface area (Å²) in [6.45, 7) is 0.522. The van der Waals surface area contributed by atoms with Crippen molar-refractivity contribution in [3.8, 4) is 11.1 Å². The minimum Gasteiger partial charge on any atom is -0.348 e. The summed E-state index contributed by atoms with van der Waals surface area (Å²) in [6.07, 6.45) is 0. The maximum absolute atomic E-state index is 12.6. The standard InChI is InChI=1S/C20H16BrNO/c21-17-12-10-16(11-13-17)18-8-4-5-9-19(18)20(23)22-14-15-6-2-1-3-7-15/h1-13H,14H2,(H,22,23). The first-order valence-electron chi connectivity index (χ1n) is 7.41. The van der Waals surface area contributed by atoms with Gasteiger partial charge < -0.3 is 5.32 Å². The predicted octanol–water partition coefficient (Wildman–Crippen LogP) is 5.05. The summed E-state index contributed by atoms with van der Waals surface area (Å²) < 4.78 is 1.02. The van der Waals surface area contributed by atoms with Crippen LogP contribution >= 0.6 is 15.9 Å². The molecule has 0 radical (unpaired) electrons. The molecule has 0 saturated heterocycles. The van der Waals surface area contributed by atoms with Crippen molar-refractivity contribution in [1.29, 1.82) is 0 Å². The Balaban J connectivity index is 1.82. The van der Waals surface area contributed by atoms with E-state index in [0.717, 1.165) is 21.2 Å². The van der Waals surface area contributed by atoms with Crippen LogP contribution in [0.25, 0.3) is 11.1 Å². The lowest BCUT2D eigenvalue weighted by atomic mass is 9.99. The maximum Gasteiger partial charge on any atom is 0.252 e. The SMILES string of the molecule is O=C(NCc1ccccc1)c1ccccc1-c1ccc(Br)cc1. The van der Waals surface area contributed by atoms with Gasteiger partial charge in [0.1, 0.15) is 0 Å². The van der Waals surface area contributed by atoms with E-state index in [1.165, 1.54) is 0 Å². The van der Waals surface area contributed by atoms with Gasteiger partial charge in [-0.05, 0) is 34.9 Å². The Labute approximate surface area is 144 Å². The van der Waals surface area contributed by atoms with E-state index in [4.69, 9.17) is 0 Å². The van der Waals surface area contributed by atoms with Crippen molar-refractivity contribution in [1.82, 2.24) is 5.32 Å². The maximum atomic E-state index is 12.6. The van der Waals surface area contributed by atoms with E-state index >= 15 is 0 Å². The Morgan fingerprint density at radius 1 is 0.826 bits per heavy atom. The number of hydrogen-bond acceptors (Lipinski definition) is 1. The molecule has 2 nitrogen and oxygen atoms in total. The number of carbonyl (C=O) groups excluding carboxylic acids is 1. The normalized spacial score (nSPS) is 10.3. The number of hydrogen-bond donors (Lipinski definition) is 1. The molecule has 1 amide bonds. The van der Waals surface area contributed by atoms with E-state index in [0.29, 0.717) is 12.1 Å². The third-order valence-electron chi connectivity index (χ3n) is 3.62.